The molecule has 0 spiro atoms. The lowest BCUT2D eigenvalue weighted by Crippen LogP contribution is -2.11. The molecule has 0 bridgehead atoms. The maximum absolute atomic E-state index is 12.5. The molecule has 1 atom stereocenters. The molecule has 0 aliphatic heterocycles. The molecule has 0 saturated carbocycles. The van der Waals surface area contributed by atoms with Crippen LogP contribution in [0.15, 0.2) is 42.7 Å². The number of hydrogen-bond donors (Lipinski definition) is 0. The van der Waals surface area contributed by atoms with Crippen LogP contribution in [0.2, 0.25) is 0 Å². The zero-order valence-electron chi connectivity index (χ0n) is 14.6. The maximum atomic E-state index is 12.5. The van der Waals surface area contributed by atoms with Gasteiger partial charge in [0.25, 0.3) is 0 Å². The Morgan fingerprint density at radius 3 is 2.64 bits per heavy atom. The quantitative estimate of drug-likeness (QED) is 0.668. The molecule has 7 heteroatoms. The van der Waals surface area contributed by atoms with E-state index in [0.29, 0.717) is 17.1 Å². The summed E-state index contributed by atoms with van der Waals surface area (Å²) in [6, 6.07) is 9.74. The van der Waals surface area contributed by atoms with Crippen LogP contribution in [0.4, 0.5) is 0 Å². The van der Waals surface area contributed by atoms with E-state index in [2.05, 4.69) is 10.2 Å². The molecule has 0 radical (unpaired) electrons. The molecule has 0 N–H and O–H groups in total. The number of aryl methyl sites for hydroxylation is 2. The van der Waals surface area contributed by atoms with E-state index in [1.54, 1.807) is 24.9 Å². The molecule has 3 aromatic rings. The number of rotatable bonds is 5. The van der Waals surface area contributed by atoms with Gasteiger partial charge < -0.3 is 9.47 Å². The average Bonchev–Trinajstić information content (AvgIpc) is 3.19. The van der Waals surface area contributed by atoms with Gasteiger partial charge in [-0.15, -0.1) is 0 Å². The van der Waals surface area contributed by atoms with Crippen molar-refractivity contribution >= 4 is 5.97 Å². The minimum atomic E-state index is -0.470. The monoisotopic (exact) mass is 340 g/mol. The Hall–Kier alpha value is -3.09. The second kappa shape index (κ2) is 6.80. The summed E-state index contributed by atoms with van der Waals surface area (Å²) in [6.45, 7) is 3.56. The summed E-state index contributed by atoms with van der Waals surface area (Å²) in [5.74, 6) is -0.0860. The summed E-state index contributed by atoms with van der Waals surface area (Å²) in [6.07, 6.45) is 3.09. The Morgan fingerprint density at radius 2 is 1.96 bits per heavy atom. The maximum Gasteiger partial charge on any atom is 0.346 e. The third-order valence-corrected chi connectivity index (χ3v) is 3.94. The number of esters is 1. The highest BCUT2D eigenvalue weighted by molar-refractivity contribution is 5.93. The van der Waals surface area contributed by atoms with Gasteiger partial charge in [0.1, 0.15) is 11.7 Å². The standard InChI is InChI=1S/C18H20N4O3/c1-12-16(17(24-4)21(3)20-12)18(23)25-13(2)14-10-19-22(11-14)15-8-6-5-7-9-15/h5-11,13H,1-4H3. The number of methoxy groups -OCH3 is 1. The van der Waals surface area contributed by atoms with E-state index in [0.717, 1.165) is 11.3 Å². The fourth-order valence-electron chi connectivity index (χ4n) is 2.66. The fourth-order valence-corrected chi connectivity index (χ4v) is 2.66. The molecule has 2 aromatic heterocycles. The molecule has 1 aromatic carbocycles. The second-order valence-corrected chi connectivity index (χ2v) is 5.69. The predicted octanol–water partition coefficient (Wildman–Crippen LogP) is 2.84. The van der Waals surface area contributed by atoms with Crippen molar-refractivity contribution in [3.8, 4) is 11.6 Å². The van der Waals surface area contributed by atoms with Crippen molar-refractivity contribution in [3.05, 3.63) is 59.5 Å². The Morgan fingerprint density at radius 1 is 1.24 bits per heavy atom. The summed E-state index contributed by atoms with van der Waals surface area (Å²) in [4.78, 5) is 12.5. The van der Waals surface area contributed by atoms with Crippen molar-refractivity contribution in [3.63, 3.8) is 0 Å². The van der Waals surface area contributed by atoms with Gasteiger partial charge in [-0.2, -0.15) is 10.2 Å². The molecule has 25 heavy (non-hydrogen) atoms. The molecule has 0 aliphatic carbocycles. The van der Waals surface area contributed by atoms with E-state index >= 15 is 0 Å². The van der Waals surface area contributed by atoms with Gasteiger partial charge in [0, 0.05) is 18.8 Å². The van der Waals surface area contributed by atoms with E-state index in [9.17, 15) is 4.79 Å². The van der Waals surface area contributed by atoms with Crippen LogP contribution in [-0.2, 0) is 11.8 Å². The zero-order chi connectivity index (χ0) is 18.0. The van der Waals surface area contributed by atoms with Gasteiger partial charge in [0.05, 0.1) is 24.7 Å². The number of benzene rings is 1. The molecule has 0 saturated heterocycles. The van der Waals surface area contributed by atoms with E-state index < -0.39 is 12.1 Å². The first kappa shape index (κ1) is 16.8. The molecular weight excluding hydrogens is 320 g/mol. The third-order valence-electron chi connectivity index (χ3n) is 3.94. The highest BCUT2D eigenvalue weighted by Crippen LogP contribution is 2.25. The van der Waals surface area contributed by atoms with Gasteiger partial charge in [-0.05, 0) is 26.0 Å². The molecule has 0 fully saturated rings. The van der Waals surface area contributed by atoms with Gasteiger partial charge in [-0.1, -0.05) is 18.2 Å². The first-order valence-electron chi connectivity index (χ1n) is 7.89. The Bertz CT molecular complexity index is 883. The van der Waals surface area contributed by atoms with Crippen molar-refractivity contribution in [2.75, 3.05) is 7.11 Å². The van der Waals surface area contributed by atoms with Crippen molar-refractivity contribution < 1.29 is 14.3 Å². The van der Waals surface area contributed by atoms with E-state index in [1.165, 1.54) is 11.8 Å². The molecule has 130 valence electrons. The lowest BCUT2D eigenvalue weighted by atomic mass is 10.2. The number of nitrogens with zero attached hydrogens (tertiary/aromatic N) is 4. The van der Waals surface area contributed by atoms with Crippen LogP contribution in [0.5, 0.6) is 5.88 Å². The minimum absolute atomic E-state index is 0.340. The molecule has 1 unspecified atom stereocenters. The first-order chi connectivity index (χ1) is 12.0. The van der Waals surface area contributed by atoms with E-state index in [4.69, 9.17) is 9.47 Å². The van der Waals surface area contributed by atoms with Crippen LogP contribution in [-0.4, -0.2) is 32.6 Å². The largest absolute Gasteiger partial charge is 0.481 e. The summed E-state index contributed by atoms with van der Waals surface area (Å²) < 4.78 is 14.1. The molecule has 0 amide bonds. The topological polar surface area (TPSA) is 71.2 Å². The van der Waals surface area contributed by atoms with Crippen molar-refractivity contribution in [1.82, 2.24) is 19.6 Å². The van der Waals surface area contributed by atoms with Crippen LogP contribution in [0.3, 0.4) is 0 Å². The first-order valence-corrected chi connectivity index (χ1v) is 7.89. The van der Waals surface area contributed by atoms with E-state index in [-0.39, 0.29) is 0 Å². The molecule has 7 nitrogen and oxygen atoms in total. The Labute approximate surface area is 145 Å². The predicted molar refractivity (Wildman–Crippen MR) is 91.9 cm³/mol. The second-order valence-electron chi connectivity index (χ2n) is 5.69. The van der Waals surface area contributed by atoms with Crippen LogP contribution >= 0.6 is 0 Å². The van der Waals surface area contributed by atoms with Gasteiger partial charge in [-0.3, -0.25) is 0 Å². The van der Waals surface area contributed by atoms with Gasteiger partial charge in [0.2, 0.25) is 5.88 Å². The number of para-hydroxylation sites is 1. The SMILES string of the molecule is COc1c(C(=O)OC(C)c2cnn(-c3ccccc3)c2)c(C)nn1C. The molecule has 0 aliphatic rings. The highest BCUT2D eigenvalue weighted by Gasteiger charge is 2.25. The zero-order valence-corrected chi connectivity index (χ0v) is 14.6. The molecule has 2 heterocycles. The lowest BCUT2D eigenvalue weighted by molar-refractivity contribution is 0.0333. The lowest BCUT2D eigenvalue weighted by Gasteiger charge is -2.12. The van der Waals surface area contributed by atoms with Crippen LogP contribution in [0.1, 0.15) is 34.6 Å². The number of hydrogen-bond acceptors (Lipinski definition) is 5. The fraction of sp³-hybridized carbons (Fsp3) is 0.278. The highest BCUT2D eigenvalue weighted by atomic mass is 16.5. The van der Waals surface area contributed by atoms with Gasteiger partial charge in [-0.25, -0.2) is 14.2 Å². The number of carbonyl (C=O) groups is 1. The number of ether oxygens (including phenoxy) is 2. The van der Waals surface area contributed by atoms with E-state index in [1.807, 2.05) is 43.5 Å². The minimum Gasteiger partial charge on any atom is -0.481 e. The smallest absolute Gasteiger partial charge is 0.346 e. The average molecular weight is 340 g/mol. The Balaban J connectivity index is 1.78. The van der Waals surface area contributed by atoms with Crippen LogP contribution in [0, 0.1) is 6.92 Å². The summed E-state index contributed by atoms with van der Waals surface area (Å²) in [5, 5.41) is 8.53. The van der Waals surface area contributed by atoms with Gasteiger partial charge >= 0.3 is 5.97 Å². The normalized spacial score (nSPS) is 12.0. The van der Waals surface area contributed by atoms with Crippen molar-refractivity contribution in [2.45, 2.75) is 20.0 Å². The van der Waals surface area contributed by atoms with Gasteiger partial charge in [0.15, 0.2) is 0 Å². The van der Waals surface area contributed by atoms with Crippen LogP contribution in [0.25, 0.3) is 5.69 Å². The Kier molecular flexibility index (Phi) is 4.56. The summed E-state index contributed by atoms with van der Waals surface area (Å²) in [7, 11) is 3.22. The number of aromatic nitrogens is 4. The summed E-state index contributed by atoms with van der Waals surface area (Å²) >= 11 is 0. The summed E-state index contributed by atoms with van der Waals surface area (Å²) in [5.41, 5.74) is 2.65. The molecule has 3 rings (SSSR count). The van der Waals surface area contributed by atoms with Crippen molar-refractivity contribution in [1.29, 1.82) is 0 Å². The third kappa shape index (κ3) is 3.26. The molecular formula is C18H20N4O3. The van der Waals surface area contributed by atoms with Crippen molar-refractivity contribution in [2.24, 2.45) is 7.05 Å². The van der Waals surface area contributed by atoms with Crippen LogP contribution < -0.4 is 4.74 Å². The number of carbonyl (C=O) groups excluding carboxylic acids is 1.